The van der Waals surface area contributed by atoms with Crippen LogP contribution in [0.5, 0.6) is 0 Å². The van der Waals surface area contributed by atoms with Gasteiger partial charge in [0.05, 0.1) is 4.92 Å². The topological polar surface area (TPSA) is 114 Å². The summed E-state index contributed by atoms with van der Waals surface area (Å²) >= 11 is 1.22. The van der Waals surface area contributed by atoms with Crippen LogP contribution in [0.4, 0.5) is 10.8 Å². The molecule has 0 spiro atoms. The van der Waals surface area contributed by atoms with Crippen molar-refractivity contribution in [3.8, 4) is 0 Å². The molecular weight excluding hydrogens is 404 g/mol. The molecule has 3 aromatic rings. The molecule has 0 atom stereocenters. The highest BCUT2D eigenvalue weighted by molar-refractivity contribution is 7.13. The van der Waals surface area contributed by atoms with E-state index in [0.717, 1.165) is 5.56 Å². The molecule has 0 saturated heterocycles. The number of nitro benzene ring substituents is 1. The van der Waals surface area contributed by atoms with Gasteiger partial charge < -0.3 is 5.32 Å². The second-order valence-electron chi connectivity index (χ2n) is 5.93. The number of aromatic nitrogens is 1. The molecule has 150 valence electrons. The zero-order chi connectivity index (χ0) is 21.3. The summed E-state index contributed by atoms with van der Waals surface area (Å²) in [5.74, 6) is -1.12. The van der Waals surface area contributed by atoms with Gasteiger partial charge in [-0.2, -0.15) is 0 Å². The Balaban J connectivity index is 1.84. The Kier molecular flexibility index (Phi) is 6.80. The van der Waals surface area contributed by atoms with Crippen molar-refractivity contribution in [2.45, 2.75) is 0 Å². The zero-order valence-electron chi connectivity index (χ0n) is 15.5. The fourth-order valence-electron chi connectivity index (χ4n) is 2.41. The maximum atomic E-state index is 12.7. The predicted octanol–water partition coefficient (Wildman–Crippen LogP) is 3.86. The number of nitrogens with one attached hydrogen (secondary N) is 2. The van der Waals surface area contributed by atoms with Crippen molar-refractivity contribution in [3.63, 3.8) is 0 Å². The van der Waals surface area contributed by atoms with Gasteiger partial charge in [-0.15, -0.1) is 11.3 Å². The molecule has 2 N–H and O–H groups in total. The molecule has 3 rings (SSSR count). The van der Waals surface area contributed by atoms with Crippen LogP contribution < -0.4 is 10.6 Å². The number of nitro groups is 1. The summed E-state index contributed by atoms with van der Waals surface area (Å²) in [7, 11) is 0. The van der Waals surface area contributed by atoms with E-state index in [-0.39, 0.29) is 11.4 Å². The second-order valence-corrected chi connectivity index (χ2v) is 6.83. The average molecular weight is 420 g/mol. The first-order chi connectivity index (χ1) is 14.5. The first-order valence-corrected chi connectivity index (χ1v) is 9.60. The van der Waals surface area contributed by atoms with Gasteiger partial charge in [-0.25, -0.2) is 4.98 Å². The summed E-state index contributed by atoms with van der Waals surface area (Å²) in [4.78, 5) is 39.5. The fraction of sp³-hybridized carbons (Fsp3) is 0. The lowest BCUT2D eigenvalue weighted by molar-refractivity contribution is -0.384. The highest BCUT2D eigenvalue weighted by atomic mass is 32.1. The molecule has 0 aliphatic heterocycles. The van der Waals surface area contributed by atoms with Gasteiger partial charge in [-0.3, -0.25) is 25.0 Å². The van der Waals surface area contributed by atoms with Crippen LogP contribution in [0, 0.1) is 10.1 Å². The number of carbonyl (C=O) groups excluding carboxylic acids is 2. The van der Waals surface area contributed by atoms with Crippen molar-refractivity contribution >= 4 is 46.1 Å². The highest BCUT2D eigenvalue weighted by Crippen LogP contribution is 2.17. The van der Waals surface area contributed by atoms with Gasteiger partial charge in [-0.05, 0) is 23.3 Å². The van der Waals surface area contributed by atoms with Gasteiger partial charge in [0, 0.05) is 29.8 Å². The van der Waals surface area contributed by atoms with Crippen LogP contribution in [-0.4, -0.2) is 21.7 Å². The van der Waals surface area contributed by atoms with Crippen LogP contribution in [0.3, 0.4) is 0 Å². The number of hydrogen-bond acceptors (Lipinski definition) is 6. The molecular formula is C21H16N4O4S. The zero-order valence-corrected chi connectivity index (χ0v) is 16.3. The summed E-state index contributed by atoms with van der Waals surface area (Å²) in [5.41, 5.74) is 1.01. The normalized spacial score (nSPS) is 11.3. The lowest BCUT2D eigenvalue weighted by Gasteiger charge is -2.08. The number of carbonyl (C=O) groups is 2. The largest absolute Gasteiger partial charge is 0.318 e. The molecule has 1 aromatic heterocycles. The molecule has 9 heteroatoms. The summed E-state index contributed by atoms with van der Waals surface area (Å²) in [6, 6.07) is 14.9. The van der Waals surface area contributed by atoms with Crippen molar-refractivity contribution in [2.24, 2.45) is 0 Å². The average Bonchev–Trinajstić information content (AvgIpc) is 3.26. The number of thiazole rings is 1. The minimum atomic E-state index is -0.599. The smallest absolute Gasteiger partial charge is 0.273 e. The molecule has 0 saturated carbocycles. The third-order valence-corrected chi connectivity index (χ3v) is 4.46. The molecule has 2 amide bonds. The standard InChI is InChI=1S/C21H16N4O4S/c26-19(10-9-15-5-2-1-3-6-15)23-18(20(27)24-21-22-11-12-30-21)14-16-7-4-8-17(13-16)25(28)29/h1-14H,(H,23,26)(H,22,24,27)/b10-9+,18-14-. The minimum absolute atomic E-state index is 0.0755. The molecule has 0 bridgehead atoms. The van der Waals surface area contributed by atoms with E-state index in [2.05, 4.69) is 15.6 Å². The van der Waals surface area contributed by atoms with E-state index in [1.807, 2.05) is 30.3 Å². The first-order valence-electron chi connectivity index (χ1n) is 8.72. The number of amides is 2. The maximum Gasteiger partial charge on any atom is 0.273 e. The molecule has 1 heterocycles. The van der Waals surface area contributed by atoms with Gasteiger partial charge in [0.15, 0.2) is 5.13 Å². The fourth-order valence-corrected chi connectivity index (χ4v) is 2.94. The molecule has 0 aliphatic carbocycles. The quantitative estimate of drug-likeness (QED) is 0.342. The Morgan fingerprint density at radius 1 is 1.07 bits per heavy atom. The van der Waals surface area contributed by atoms with E-state index >= 15 is 0 Å². The van der Waals surface area contributed by atoms with Crippen LogP contribution in [-0.2, 0) is 9.59 Å². The van der Waals surface area contributed by atoms with Gasteiger partial charge >= 0.3 is 0 Å². The molecule has 0 unspecified atom stereocenters. The van der Waals surface area contributed by atoms with Gasteiger partial charge in [-0.1, -0.05) is 42.5 Å². The summed E-state index contributed by atoms with van der Waals surface area (Å²) < 4.78 is 0. The lowest BCUT2D eigenvalue weighted by Crippen LogP contribution is -2.29. The van der Waals surface area contributed by atoms with E-state index in [1.165, 1.54) is 47.9 Å². The van der Waals surface area contributed by atoms with Crippen molar-refractivity contribution in [3.05, 3.63) is 99.2 Å². The molecule has 0 fully saturated rings. The Morgan fingerprint density at radius 2 is 1.83 bits per heavy atom. The molecule has 8 nitrogen and oxygen atoms in total. The predicted molar refractivity (Wildman–Crippen MR) is 115 cm³/mol. The number of benzene rings is 2. The Bertz CT molecular complexity index is 1110. The number of rotatable bonds is 7. The van der Waals surface area contributed by atoms with E-state index < -0.39 is 16.7 Å². The van der Waals surface area contributed by atoms with Crippen molar-refractivity contribution < 1.29 is 14.5 Å². The third-order valence-electron chi connectivity index (χ3n) is 3.77. The Morgan fingerprint density at radius 3 is 2.53 bits per heavy atom. The van der Waals surface area contributed by atoms with E-state index in [0.29, 0.717) is 10.7 Å². The first kappa shape index (κ1) is 20.6. The number of non-ortho nitro benzene ring substituents is 1. The molecule has 0 radical (unpaired) electrons. The second kappa shape index (κ2) is 9.89. The third kappa shape index (κ3) is 5.94. The van der Waals surface area contributed by atoms with Crippen molar-refractivity contribution in [1.29, 1.82) is 0 Å². The van der Waals surface area contributed by atoms with Crippen molar-refractivity contribution in [1.82, 2.24) is 10.3 Å². The molecule has 30 heavy (non-hydrogen) atoms. The van der Waals surface area contributed by atoms with Gasteiger partial charge in [0.1, 0.15) is 5.70 Å². The molecule has 0 aliphatic rings. The van der Waals surface area contributed by atoms with Crippen LogP contribution in [0.15, 0.2) is 77.9 Å². The maximum absolute atomic E-state index is 12.7. The van der Waals surface area contributed by atoms with Crippen LogP contribution in [0.25, 0.3) is 12.2 Å². The van der Waals surface area contributed by atoms with E-state index in [4.69, 9.17) is 0 Å². The van der Waals surface area contributed by atoms with Gasteiger partial charge in [0.25, 0.3) is 11.6 Å². The van der Waals surface area contributed by atoms with Gasteiger partial charge in [0.2, 0.25) is 5.91 Å². The van der Waals surface area contributed by atoms with Crippen LogP contribution in [0.2, 0.25) is 0 Å². The number of nitrogens with zero attached hydrogens (tertiary/aromatic N) is 2. The Hall–Kier alpha value is -4.11. The summed E-state index contributed by atoms with van der Waals surface area (Å²) in [5, 5.41) is 18.2. The number of hydrogen-bond donors (Lipinski definition) is 2. The highest BCUT2D eigenvalue weighted by Gasteiger charge is 2.14. The minimum Gasteiger partial charge on any atom is -0.318 e. The van der Waals surface area contributed by atoms with Crippen molar-refractivity contribution in [2.75, 3.05) is 5.32 Å². The summed E-state index contributed by atoms with van der Waals surface area (Å²) in [6.45, 7) is 0. The lowest BCUT2D eigenvalue weighted by atomic mass is 10.1. The van der Waals surface area contributed by atoms with E-state index in [9.17, 15) is 19.7 Å². The number of anilines is 1. The molecule has 2 aromatic carbocycles. The van der Waals surface area contributed by atoms with Crippen LogP contribution >= 0.6 is 11.3 Å². The Labute approximate surface area is 175 Å². The van der Waals surface area contributed by atoms with E-state index in [1.54, 1.807) is 17.5 Å². The van der Waals surface area contributed by atoms with Crippen LogP contribution in [0.1, 0.15) is 11.1 Å². The SMILES string of the molecule is O=C(/C=C/c1ccccc1)N/C(=C\c1cccc([N+](=O)[O-])c1)C(=O)Nc1nccs1. The monoisotopic (exact) mass is 420 g/mol. The summed E-state index contributed by atoms with van der Waals surface area (Å²) in [6.07, 6.45) is 5.81.